The maximum atomic E-state index is 9.30. The fourth-order valence-electron chi connectivity index (χ4n) is 1.99. The van der Waals surface area contributed by atoms with Crippen molar-refractivity contribution in [3.8, 4) is 28.8 Å². The lowest BCUT2D eigenvalue weighted by atomic mass is 10.1. The quantitative estimate of drug-likeness (QED) is 0.870. The van der Waals surface area contributed by atoms with Crippen molar-refractivity contribution >= 4 is 0 Å². The minimum Gasteiger partial charge on any atom is -0.454 e. The van der Waals surface area contributed by atoms with E-state index < -0.39 is 0 Å². The molecule has 1 aromatic heterocycles. The number of aliphatic hydroxyl groups is 1. The first-order valence-corrected chi connectivity index (χ1v) is 5.63. The lowest BCUT2D eigenvalue weighted by Crippen LogP contribution is -2.01. The third-order valence-electron chi connectivity index (χ3n) is 2.82. The summed E-state index contributed by atoms with van der Waals surface area (Å²) in [5, 5.41) is 25.8. The van der Waals surface area contributed by atoms with Crippen LogP contribution in [0, 0.1) is 11.3 Å². The zero-order valence-corrected chi connectivity index (χ0v) is 9.91. The molecule has 7 heteroatoms. The summed E-state index contributed by atoms with van der Waals surface area (Å²) in [6.45, 7) is 0.0212. The smallest absolute Gasteiger partial charge is 0.231 e. The summed E-state index contributed by atoms with van der Waals surface area (Å²) < 4.78 is 12.0. The van der Waals surface area contributed by atoms with E-state index in [4.69, 9.17) is 14.7 Å². The first-order chi connectivity index (χ1) is 9.33. The van der Waals surface area contributed by atoms with Crippen LogP contribution in [0.2, 0.25) is 0 Å². The van der Waals surface area contributed by atoms with Gasteiger partial charge in [0.15, 0.2) is 11.5 Å². The SMILES string of the molecule is N#CCn1nnc(CO)c1-c1ccc2c(c1)OCO2. The van der Waals surface area contributed by atoms with Gasteiger partial charge < -0.3 is 14.6 Å². The van der Waals surface area contributed by atoms with Crippen molar-refractivity contribution in [3.05, 3.63) is 23.9 Å². The van der Waals surface area contributed by atoms with Crippen molar-refractivity contribution in [2.45, 2.75) is 13.2 Å². The summed E-state index contributed by atoms with van der Waals surface area (Å²) in [4.78, 5) is 0. The van der Waals surface area contributed by atoms with Crippen LogP contribution in [0.5, 0.6) is 11.5 Å². The maximum Gasteiger partial charge on any atom is 0.231 e. The summed E-state index contributed by atoms with van der Waals surface area (Å²) in [7, 11) is 0. The van der Waals surface area contributed by atoms with Crippen LogP contribution >= 0.6 is 0 Å². The highest BCUT2D eigenvalue weighted by Crippen LogP contribution is 2.36. The van der Waals surface area contributed by atoms with E-state index in [-0.39, 0.29) is 19.9 Å². The molecule has 0 fully saturated rings. The molecule has 19 heavy (non-hydrogen) atoms. The molecule has 96 valence electrons. The Morgan fingerprint density at radius 1 is 1.37 bits per heavy atom. The molecule has 1 N–H and O–H groups in total. The number of nitriles is 1. The predicted octanol–water partition coefficient (Wildman–Crippen LogP) is 0.690. The standard InChI is InChI=1S/C12H10N4O3/c13-3-4-16-12(9(6-17)14-15-16)8-1-2-10-11(5-8)19-7-18-10/h1-2,5,17H,4,6-7H2. The van der Waals surface area contributed by atoms with Gasteiger partial charge in [0, 0.05) is 5.56 Å². The van der Waals surface area contributed by atoms with Crippen molar-refractivity contribution in [1.82, 2.24) is 15.0 Å². The van der Waals surface area contributed by atoms with Crippen LogP contribution in [0.3, 0.4) is 0 Å². The number of ether oxygens (including phenoxy) is 2. The first kappa shape index (κ1) is 11.5. The highest BCUT2D eigenvalue weighted by atomic mass is 16.7. The van der Waals surface area contributed by atoms with Crippen molar-refractivity contribution in [1.29, 1.82) is 5.26 Å². The van der Waals surface area contributed by atoms with Crippen LogP contribution in [-0.2, 0) is 13.2 Å². The molecule has 0 bridgehead atoms. The van der Waals surface area contributed by atoms with E-state index in [0.717, 1.165) is 5.56 Å². The highest BCUT2D eigenvalue weighted by Gasteiger charge is 2.19. The number of hydrogen-bond acceptors (Lipinski definition) is 6. The minimum atomic E-state index is -0.241. The zero-order chi connectivity index (χ0) is 13.2. The molecule has 7 nitrogen and oxygen atoms in total. The van der Waals surface area contributed by atoms with E-state index in [1.165, 1.54) is 4.68 Å². The van der Waals surface area contributed by atoms with Gasteiger partial charge in [-0.3, -0.25) is 0 Å². The number of nitrogens with zero attached hydrogens (tertiary/aromatic N) is 4. The van der Waals surface area contributed by atoms with E-state index in [1.54, 1.807) is 12.1 Å². The number of fused-ring (bicyclic) bond motifs is 1. The Balaban J connectivity index is 2.10. The molecule has 0 saturated carbocycles. The second-order valence-corrected chi connectivity index (χ2v) is 3.93. The largest absolute Gasteiger partial charge is 0.454 e. The van der Waals surface area contributed by atoms with Crippen LogP contribution in [0.1, 0.15) is 5.69 Å². The number of aromatic nitrogens is 3. The Bertz CT molecular complexity index is 659. The first-order valence-electron chi connectivity index (χ1n) is 5.63. The molecule has 1 aromatic carbocycles. The van der Waals surface area contributed by atoms with Gasteiger partial charge in [-0.1, -0.05) is 5.21 Å². The minimum absolute atomic E-state index is 0.0662. The van der Waals surface area contributed by atoms with Gasteiger partial charge in [-0.25, -0.2) is 4.68 Å². The van der Waals surface area contributed by atoms with Crippen LogP contribution < -0.4 is 9.47 Å². The Morgan fingerprint density at radius 3 is 3.00 bits per heavy atom. The van der Waals surface area contributed by atoms with Gasteiger partial charge in [-0.15, -0.1) is 5.10 Å². The molecular weight excluding hydrogens is 248 g/mol. The van der Waals surface area contributed by atoms with Crippen LogP contribution in [-0.4, -0.2) is 26.9 Å². The lowest BCUT2D eigenvalue weighted by molar-refractivity contribution is 0.174. The fourth-order valence-corrected chi connectivity index (χ4v) is 1.99. The van der Waals surface area contributed by atoms with Gasteiger partial charge in [0.1, 0.15) is 12.2 Å². The monoisotopic (exact) mass is 258 g/mol. The van der Waals surface area contributed by atoms with E-state index >= 15 is 0 Å². The number of benzene rings is 1. The molecule has 0 unspecified atom stereocenters. The summed E-state index contributed by atoms with van der Waals surface area (Å²) >= 11 is 0. The van der Waals surface area contributed by atoms with E-state index in [1.807, 2.05) is 12.1 Å². The van der Waals surface area contributed by atoms with Crippen molar-refractivity contribution in [2.24, 2.45) is 0 Å². The molecule has 0 saturated heterocycles. The predicted molar refractivity (Wildman–Crippen MR) is 63.1 cm³/mol. The average Bonchev–Trinajstić information content (AvgIpc) is 3.04. The number of hydrogen-bond donors (Lipinski definition) is 1. The molecule has 1 aliphatic rings. The summed E-state index contributed by atoms with van der Waals surface area (Å²) in [5.41, 5.74) is 1.81. The average molecular weight is 258 g/mol. The van der Waals surface area contributed by atoms with Gasteiger partial charge in [0.2, 0.25) is 6.79 Å². The van der Waals surface area contributed by atoms with Gasteiger partial charge in [0.25, 0.3) is 0 Å². The molecule has 0 aliphatic carbocycles. The molecule has 0 atom stereocenters. The van der Waals surface area contributed by atoms with Crippen molar-refractivity contribution in [3.63, 3.8) is 0 Å². The molecular formula is C12H10N4O3. The molecule has 3 rings (SSSR count). The third kappa shape index (κ3) is 1.88. The molecule has 0 amide bonds. The van der Waals surface area contributed by atoms with Crippen molar-refractivity contribution in [2.75, 3.05) is 6.79 Å². The third-order valence-corrected chi connectivity index (χ3v) is 2.82. The van der Waals surface area contributed by atoms with Crippen LogP contribution in [0.25, 0.3) is 11.3 Å². The second-order valence-electron chi connectivity index (χ2n) is 3.93. The van der Waals surface area contributed by atoms with E-state index in [0.29, 0.717) is 22.9 Å². The Kier molecular flexibility index (Phi) is 2.78. The normalized spacial score (nSPS) is 12.4. The van der Waals surface area contributed by atoms with Crippen LogP contribution in [0.4, 0.5) is 0 Å². The topological polar surface area (TPSA) is 93.2 Å². The molecule has 0 radical (unpaired) electrons. The van der Waals surface area contributed by atoms with Gasteiger partial charge in [-0.2, -0.15) is 5.26 Å². The Labute approximate surface area is 108 Å². The Hall–Kier alpha value is -2.59. The molecule has 2 aromatic rings. The van der Waals surface area contributed by atoms with Crippen molar-refractivity contribution < 1.29 is 14.6 Å². The van der Waals surface area contributed by atoms with E-state index in [9.17, 15) is 5.11 Å². The molecule has 2 heterocycles. The maximum absolute atomic E-state index is 9.30. The number of aliphatic hydroxyl groups excluding tert-OH is 1. The van der Waals surface area contributed by atoms with Crippen LogP contribution in [0.15, 0.2) is 18.2 Å². The summed E-state index contributed by atoms with van der Waals surface area (Å²) in [6.07, 6.45) is 0. The summed E-state index contributed by atoms with van der Waals surface area (Å²) in [6, 6.07) is 7.39. The lowest BCUT2D eigenvalue weighted by Gasteiger charge is -2.05. The highest BCUT2D eigenvalue weighted by molar-refractivity contribution is 5.66. The fraction of sp³-hybridized carbons (Fsp3) is 0.250. The Morgan fingerprint density at radius 2 is 2.21 bits per heavy atom. The van der Waals surface area contributed by atoms with Gasteiger partial charge >= 0.3 is 0 Å². The summed E-state index contributed by atoms with van der Waals surface area (Å²) in [5.74, 6) is 1.31. The van der Waals surface area contributed by atoms with Gasteiger partial charge in [-0.05, 0) is 18.2 Å². The molecule has 0 spiro atoms. The van der Waals surface area contributed by atoms with Gasteiger partial charge in [0.05, 0.1) is 18.4 Å². The zero-order valence-electron chi connectivity index (χ0n) is 9.91. The number of rotatable bonds is 3. The van der Waals surface area contributed by atoms with E-state index in [2.05, 4.69) is 10.3 Å². The molecule has 1 aliphatic heterocycles. The second kappa shape index (κ2) is 4.59.